The maximum Gasteiger partial charge on any atom is 0.309 e. The molecule has 0 amide bonds. The van der Waals surface area contributed by atoms with Crippen molar-refractivity contribution in [1.29, 1.82) is 0 Å². The Balaban J connectivity index is 1.69. The van der Waals surface area contributed by atoms with Crippen LogP contribution >= 0.6 is 0 Å². The second-order valence-corrected chi connectivity index (χ2v) is 8.97. The van der Waals surface area contributed by atoms with E-state index in [2.05, 4.69) is 6.92 Å². The number of carbonyl (C=O) groups excluding carboxylic acids is 1. The van der Waals surface area contributed by atoms with Crippen LogP contribution in [0.25, 0.3) is 0 Å². The van der Waals surface area contributed by atoms with Gasteiger partial charge in [-0.1, -0.05) is 6.92 Å². The first-order valence-electron chi connectivity index (χ1n) is 7.26. The fraction of sp³-hybridized carbons (Fsp3) is 0.929. The molecule has 4 nitrogen and oxygen atoms in total. The highest BCUT2D eigenvalue weighted by Gasteiger charge is 2.66. The molecule has 3 aliphatic rings. The highest BCUT2D eigenvalue weighted by atomic mass is 32.2. The highest BCUT2D eigenvalue weighted by molar-refractivity contribution is 7.92. The van der Waals surface area contributed by atoms with E-state index in [1.165, 1.54) is 0 Å². The van der Waals surface area contributed by atoms with Crippen molar-refractivity contribution in [3.63, 3.8) is 0 Å². The van der Waals surface area contributed by atoms with Gasteiger partial charge >= 0.3 is 5.97 Å². The number of rotatable bonds is 5. The minimum absolute atomic E-state index is 0.00991. The van der Waals surface area contributed by atoms with E-state index < -0.39 is 9.84 Å². The molecule has 5 heteroatoms. The van der Waals surface area contributed by atoms with E-state index in [1.807, 2.05) is 6.92 Å². The molecule has 19 heavy (non-hydrogen) atoms. The first-order valence-corrected chi connectivity index (χ1v) is 8.98. The third-order valence-electron chi connectivity index (χ3n) is 5.30. The zero-order valence-corrected chi connectivity index (χ0v) is 12.4. The molecule has 0 saturated heterocycles. The molecule has 0 aliphatic heterocycles. The van der Waals surface area contributed by atoms with E-state index in [0.29, 0.717) is 18.9 Å². The standard InChI is InChI=1S/C14H22O4S/c1-3-18-13(15)11-6-9(12-7-14(11,12)2)8-19(16,17)10-4-5-10/h9-12H,3-8H2,1-2H3/t9-,11+,12+,14-/m1/s1. The van der Waals surface area contributed by atoms with Crippen molar-refractivity contribution in [2.75, 3.05) is 12.4 Å². The van der Waals surface area contributed by atoms with Crippen LogP contribution in [0, 0.1) is 23.2 Å². The molecule has 0 bridgehead atoms. The summed E-state index contributed by atoms with van der Waals surface area (Å²) in [6, 6.07) is 0. The van der Waals surface area contributed by atoms with Gasteiger partial charge in [-0.15, -0.1) is 0 Å². The first kappa shape index (κ1) is 13.4. The number of ether oxygens (including phenoxy) is 1. The highest BCUT2D eigenvalue weighted by Crippen LogP contribution is 2.69. The van der Waals surface area contributed by atoms with Crippen molar-refractivity contribution in [2.45, 2.75) is 44.8 Å². The quantitative estimate of drug-likeness (QED) is 0.723. The smallest absolute Gasteiger partial charge is 0.309 e. The van der Waals surface area contributed by atoms with E-state index in [0.717, 1.165) is 19.3 Å². The fourth-order valence-electron chi connectivity index (χ4n) is 3.91. The number of hydrogen-bond acceptors (Lipinski definition) is 4. The van der Waals surface area contributed by atoms with E-state index >= 15 is 0 Å². The van der Waals surface area contributed by atoms with E-state index in [9.17, 15) is 13.2 Å². The first-order chi connectivity index (χ1) is 8.88. The normalized spacial score (nSPS) is 40.8. The largest absolute Gasteiger partial charge is 0.466 e. The van der Waals surface area contributed by atoms with Crippen molar-refractivity contribution < 1.29 is 17.9 Å². The van der Waals surface area contributed by atoms with Crippen LogP contribution in [0.15, 0.2) is 0 Å². The topological polar surface area (TPSA) is 60.4 Å². The Bertz CT molecular complexity index is 494. The maximum absolute atomic E-state index is 12.1. The molecule has 3 fully saturated rings. The van der Waals surface area contributed by atoms with Crippen molar-refractivity contribution in [1.82, 2.24) is 0 Å². The molecule has 3 aliphatic carbocycles. The molecule has 4 atom stereocenters. The lowest BCUT2D eigenvalue weighted by molar-refractivity contribution is -0.150. The Hall–Kier alpha value is -0.580. The second kappa shape index (κ2) is 4.21. The van der Waals surface area contributed by atoms with Crippen LogP contribution < -0.4 is 0 Å². The molecule has 0 unspecified atom stereocenters. The van der Waals surface area contributed by atoms with Crippen LogP contribution in [0.1, 0.15) is 39.5 Å². The van der Waals surface area contributed by atoms with Gasteiger partial charge in [-0.05, 0) is 49.9 Å². The SMILES string of the molecule is CCOC(=O)[C@@H]1C[C@H](CS(=O)(=O)C2CC2)[C@@H]2C[C@]12C. The van der Waals surface area contributed by atoms with Gasteiger partial charge in [-0.2, -0.15) is 0 Å². The number of sulfone groups is 1. The predicted molar refractivity (Wildman–Crippen MR) is 71.3 cm³/mol. The summed E-state index contributed by atoms with van der Waals surface area (Å²) in [4.78, 5) is 12.0. The fourth-order valence-corrected chi connectivity index (χ4v) is 6.00. The lowest BCUT2D eigenvalue weighted by Crippen LogP contribution is -2.25. The zero-order valence-electron chi connectivity index (χ0n) is 11.6. The van der Waals surface area contributed by atoms with Crippen molar-refractivity contribution in [3.05, 3.63) is 0 Å². The van der Waals surface area contributed by atoms with Crippen LogP contribution in [0.4, 0.5) is 0 Å². The van der Waals surface area contributed by atoms with Crippen molar-refractivity contribution >= 4 is 15.8 Å². The molecule has 0 spiro atoms. The molecular formula is C14H22O4S. The number of carbonyl (C=O) groups is 1. The van der Waals surface area contributed by atoms with Gasteiger partial charge in [-0.25, -0.2) is 8.42 Å². The Kier molecular flexibility index (Phi) is 2.97. The Morgan fingerprint density at radius 1 is 1.37 bits per heavy atom. The van der Waals surface area contributed by atoms with Crippen LogP contribution in [0.2, 0.25) is 0 Å². The minimum atomic E-state index is -2.92. The lowest BCUT2D eigenvalue weighted by atomic mass is 9.91. The average Bonchev–Trinajstić information content (AvgIpc) is 3.19. The molecular weight excluding hydrogens is 264 g/mol. The molecule has 3 rings (SSSR count). The van der Waals surface area contributed by atoms with Crippen LogP contribution in [-0.4, -0.2) is 32.0 Å². The van der Waals surface area contributed by atoms with Gasteiger partial charge in [0.25, 0.3) is 0 Å². The van der Waals surface area contributed by atoms with E-state index in [-0.39, 0.29) is 34.2 Å². The Morgan fingerprint density at radius 2 is 2.05 bits per heavy atom. The Labute approximate surface area is 114 Å². The van der Waals surface area contributed by atoms with Crippen LogP contribution in [-0.2, 0) is 19.4 Å². The number of hydrogen-bond donors (Lipinski definition) is 0. The molecule has 108 valence electrons. The molecule has 0 aromatic heterocycles. The third-order valence-corrected chi connectivity index (χ3v) is 7.68. The Morgan fingerprint density at radius 3 is 2.63 bits per heavy atom. The van der Waals surface area contributed by atoms with Gasteiger partial charge in [0, 0.05) is 0 Å². The van der Waals surface area contributed by atoms with Gasteiger partial charge in [-0.3, -0.25) is 4.79 Å². The summed E-state index contributed by atoms with van der Waals surface area (Å²) in [5.74, 6) is 0.657. The summed E-state index contributed by atoms with van der Waals surface area (Å²) >= 11 is 0. The van der Waals surface area contributed by atoms with Gasteiger partial charge < -0.3 is 4.74 Å². The van der Waals surface area contributed by atoms with Gasteiger partial charge in [0.15, 0.2) is 9.84 Å². The van der Waals surface area contributed by atoms with Crippen molar-refractivity contribution in [3.8, 4) is 0 Å². The van der Waals surface area contributed by atoms with Crippen LogP contribution in [0.5, 0.6) is 0 Å². The molecule has 0 radical (unpaired) electrons. The molecule has 0 N–H and O–H groups in total. The summed E-state index contributed by atoms with van der Waals surface area (Å²) in [6.45, 7) is 4.33. The minimum Gasteiger partial charge on any atom is -0.466 e. The van der Waals surface area contributed by atoms with Gasteiger partial charge in [0.05, 0.1) is 23.5 Å². The molecule has 3 saturated carbocycles. The zero-order chi connectivity index (χ0) is 13.8. The van der Waals surface area contributed by atoms with E-state index in [4.69, 9.17) is 4.74 Å². The van der Waals surface area contributed by atoms with Crippen LogP contribution in [0.3, 0.4) is 0 Å². The summed E-state index contributed by atoms with van der Waals surface area (Å²) < 4.78 is 29.3. The van der Waals surface area contributed by atoms with Crippen molar-refractivity contribution in [2.24, 2.45) is 23.2 Å². The van der Waals surface area contributed by atoms with E-state index in [1.54, 1.807) is 0 Å². The molecule has 0 aromatic rings. The summed E-state index contributed by atoms with van der Waals surface area (Å²) in [7, 11) is -2.92. The third kappa shape index (κ3) is 2.20. The maximum atomic E-state index is 12.1. The predicted octanol–water partition coefficient (Wildman–Crippen LogP) is 1.79. The van der Waals surface area contributed by atoms with Gasteiger partial charge in [0.1, 0.15) is 0 Å². The van der Waals surface area contributed by atoms with Gasteiger partial charge in [0.2, 0.25) is 0 Å². The average molecular weight is 286 g/mol. The summed E-state index contributed by atoms with van der Waals surface area (Å²) in [5.41, 5.74) is 0.00991. The molecule has 0 heterocycles. The number of fused-ring (bicyclic) bond motifs is 1. The second-order valence-electron chi connectivity index (χ2n) is 6.65. The lowest BCUT2D eigenvalue weighted by Gasteiger charge is -2.18. The number of esters is 1. The summed E-state index contributed by atoms with van der Waals surface area (Å²) in [6.07, 6.45) is 3.35. The molecule has 0 aromatic carbocycles. The summed E-state index contributed by atoms with van der Waals surface area (Å²) in [5, 5.41) is -0.0841. The monoisotopic (exact) mass is 286 g/mol.